The number of hydrogen-bond donors (Lipinski definition) is 2. The van der Waals surface area contributed by atoms with E-state index in [0.29, 0.717) is 12.0 Å². The van der Waals surface area contributed by atoms with E-state index in [0.717, 1.165) is 68.5 Å². The average Bonchev–Trinajstić information content (AvgIpc) is 3.12. The number of nitrogens with one attached hydrogen (secondary N) is 1. The SMILES string of the molecule is CO.COC1CCNCCOC1.Cn1c(=O)oc2ccc(-c3ccc(CCC#N)cc3)cc21. The van der Waals surface area contributed by atoms with Crippen LogP contribution in [0.3, 0.4) is 0 Å². The average molecular weight is 456 g/mol. The normalized spacial score (nSPS) is 15.8. The molecule has 1 fully saturated rings. The van der Waals surface area contributed by atoms with Crippen LogP contribution in [-0.4, -0.2) is 56.3 Å². The van der Waals surface area contributed by atoms with E-state index in [1.807, 2.05) is 42.5 Å². The Bertz CT molecular complexity index is 1060. The van der Waals surface area contributed by atoms with Crippen LogP contribution in [0.2, 0.25) is 0 Å². The second-order valence-electron chi connectivity index (χ2n) is 7.44. The summed E-state index contributed by atoms with van der Waals surface area (Å²) in [4.78, 5) is 11.5. The van der Waals surface area contributed by atoms with Crippen LogP contribution in [0.5, 0.6) is 0 Å². The molecule has 178 valence electrons. The maximum Gasteiger partial charge on any atom is 0.419 e. The third kappa shape index (κ3) is 7.84. The molecule has 1 aliphatic heterocycles. The Labute approximate surface area is 194 Å². The van der Waals surface area contributed by atoms with E-state index in [-0.39, 0.29) is 11.9 Å². The second-order valence-corrected chi connectivity index (χ2v) is 7.44. The van der Waals surface area contributed by atoms with Gasteiger partial charge < -0.3 is 24.3 Å². The first-order valence-electron chi connectivity index (χ1n) is 10.9. The van der Waals surface area contributed by atoms with Crippen LogP contribution in [0.25, 0.3) is 22.2 Å². The lowest BCUT2D eigenvalue weighted by Crippen LogP contribution is -2.31. The molecule has 3 aromatic rings. The molecule has 0 aliphatic carbocycles. The Kier molecular flexibility index (Phi) is 11.3. The Morgan fingerprint density at radius 1 is 1.18 bits per heavy atom. The van der Waals surface area contributed by atoms with Gasteiger partial charge in [0.05, 0.1) is 30.9 Å². The summed E-state index contributed by atoms with van der Waals surface area (Å²) in [5.74, 6) is -0.353. The molecule has 0 radical (unpaired) electrons. The standard InChI is InChI=1S/C17H14N2O2.C7H15NO2.CH4O/c1-19-15-11-14(8-9-16(15)21-17(19)20)13-6-4-12(5-7-13)3-2-10-18;1-9-7-2-3-8-4-5-10-6-7;1-2/h4-9,11H,2-3H2,1H3;7-8H,2-6H2,1H3;2H,1H3. The highest BCUT2D eigenvalue weighted by molar-refractivity contribution is 5.80. The van der Waals surface area contributed by atoms with Crippen LogP contribution in [0.15, 0.2) is 51.7 Å². The number of nitrogens with zero attached hydrogens (tertiary/aromatic N) is 2. The maximum absolute atomic E-state index is 11.5. The van der Waals surface area contributed by atoms with Gasteiger partial charge >= 0.3 is 5.76 Å². The fourth-order valence-electron chi connectivity index (χ4n) is 3.39. The maximum atomic E-state index is 11.5. The molecule has 2 N–H and O–H groups in total. The van der Waals surface area contributed by atoms with Crippen molar-refractivity contribution in [3.8, 4) is 17.2 Å². The van der Waals surface area contributed by atoms with Gasteiger partial charge in [-0.05, 0) is 48.2 Å². The number of oxazole rings is 1. The van der Waals surface area contributed by atoms with Crippen molar-refractivity contribution in [3.63, 3.8) is 0 Å². The zero-order valence-corrected chi connectivity index (χ0v) is 19.5. The highest BCUT2D eigenvalue weighted by atomic mass is 16.5. The van der Waals surface area contributed by atoms with Crippen molar-refractivity contribution in [1.29, 1.82) is 5.26 Å². The van der Waals surface area contributed by atoms with Crippen molar-refractivity contribution in [1.82, 2.24) is 9.88 Å². The quantitative estimate of drug-likeness (QED) is 0.622. The van der Waals surface area contributed by atoms with Gasteiger partial charge in [-0.25, -0.2) is 4.79 Å². The Morgan fingerprint density at radius 2 is 1.91 bits per heavy atom. The third-order valence-electron chi connectivity index (χ3n) is 5.31. The Morgan fingerprint density at radius 3 is 2.61 bits per heavy atom. The lowest BCUT2D eigenvalue weighted by atomic mass is 10.0. The predicted molar refractivity (Wildman–Crippen MR) is 128 cm³/mol. The lowest BCUT2D eigenvalue weighted by molar-refractivity contribution is -0.00208. The van der Waals surface area contributed by atoms with Crippen LogP contribution in [0, 0.1) is 11.3 Å². The highest BCUT2D eigenvalue weighted by Crippen LogP contribution is 2.24. The number of aryl methyl sites for hydroxylation is 2. The summed E-state index contributed by atoms with van der Waals surface area (Å²) in [5, 5.41) is 18.8. The number of aliphatic hydroxyl groups is 1. The van der Waals surface area contributed by atoms with E-state index in [1.54, 1.807) is 14.2 Å². The van der Waals surface area contributed by atoms with Crippen molar-refractivity contribution in [2.45, 2.75) is 25.4 Å². The van der Waals surface area contributed by atoms with E-state index in [2.05, 4.69) is 11.4 Å². The summed E-state index contributed by atoms with van der Waals surface area (Å²) in [5.41, 5.74) is 4.64. The topological polar surface area (TPSA) is 110 Å². The molecule has 1 aromatic heterocycles. The molecular formula is C25H33N3O5. The summed E-state index contributed by atoms with van der Waals surface area (Å²) in [6.45, 7) is 3.57. The van der Waals surface area contributed by atoms with Gasteiger partial charge in [0.2, 0.25) is 0 Å². The van der Waals surface area contributed by atoms with Gasteiger partial charge in [-0.1, -0.05) is 30.3 Å². The predicted octanol–water partition coefficient (Wildman–Crippen LogP) is 2.87. The van der Waals surface area contributed by atoms with Crippen LogP contribution < -0.4 is 11.1 Å². The van der Waals surface area contributed by atoms with Crippen molar-refractivity contribution < 1.29 is 19.0 Å². The molecule has 0 saturated carbocycles. The van der Waals surface area contributed by atoms with E-state index >= 15 is 0 Å². The molecule has 0 spiro atoms. The zero-order valence-electron chi connectivity index (χ0n) is 19.5. The molecule has 1 atom stereocenters. The second kappa shape index (κ2) is 14.2. The molecule has 2 aromatic carbocycles. The minimum absolute atomic E-state index is 0.285. The fraction of sp³-hybridized carbons (Fsp3) is 0.440. The highest BCUT2D eigenvalue weighted by Gasteiger charge is 2.09. The smallest absolute Gasteiger partial charge is 0.408 e. The first-order chi connectivity index (χ1) is 16.1. The molecule has 8 nitrogen and oxygen atoms in total. The molecule has 33 heavy (non-hydrogen) atoms. The van der Waals surface area contributed by atoms with Crippen molar-refractivity contribution >= 4 is 11.1 Å². The fourth-order valence-corrected chi connectivity index (χ4v) is 3.39. The Hall–Kier alpha value is -2.96. The molecule has 4 rings (SSSR count). The van der Waals surface area contributed by atoms with Crippen LogP contribution in [0.4, 0.5) is 0 Å². The minimum Gasteiger partial charge on any atom is -0.408 e. The van der Waals surface area contributed by atoms with Crippen LogP contribution in [0.1, 0.15) is 18.4 Å². The van der Waals surface area contributed by atoms with E-state index in [4.69, 9.17) is 24.3 Å². The molecule has 8 heteroatoms. The number of aromatic nitrogens is 1. The zero-order chi connectivity index (χ0) is 24.1. The number of hydrogen-bond acceptors (Lipinski definition) is 7. The number of rotatable bonds is 4. The molecule has 1 saturated heterocycles. The summed E-state index contributed by atoms with van der Waals surface area (Å²) in [6, 6.07) is 16.0. The number of methoxy groups -OCH3 is 1. The number of ether oxygens (including phenoxy) is 2. The monoisotopic (exact) mass is 455 g/mol. The first kappa shape index (κ1) is 26.3. The van der Waals surface area contributed by atoms with E-state index in [9.17, 15) is 4.79 Å². The number of nitriles is 1. The molecule has 2 heterocycles. The van der Waals surface area contributed by atoms with E-state index < -0.39 is 0 Å². The van der Waals surface area contributed by atoms with Crippen molar-refractivity contribution in [2.75, 3.05) is 40.5 Å². The van der Waals surface area contributed by atoms with Gasteiger partial charge in [-0.3, -0.25) is 4.57 Å². The lowest BCUT2D eigenvalue weighted by Gasteiger charge is -2.18. The Balaban J connectivity index is 0.000000270. The van der Waals surface area contributed by atoms with Gasteiger partial charge in [-0.15, -0.1) is 0 Å². The summed E-state index contributed by atoms with van der Waals surface area (Å²) < 4.78 is 17.1. The van der Waals surface area contributed by atoms with Gasteiger partial charge in [0, 0.05) is 34.2 Å². The minimum atomic E-state index is -0.353. The number of benzene rings is 2. The summed E-state index contributed by atoms with van der Waals surface area (Å²) >= 11 is 0. The summed E-state index contributed by atoms with van der Waals surface area (Å²) in [7, 11) is 4.43. The summed E-state index contributed by atoms with van der Waals surface area (Å²) in [6.07, 6.45) is 2.64. The third-order valence-corrected chi connectivity index (χ3v) is 5.31. The molecule has 0 amide bonds. The number of aliphatic hydroxyl groups excluding tert-OH is 1. The molecule has 1 aliphatic rings. The van der Waals surface area contributed by atoms with Crippen molar-refractivity contribution in [3.05, 3.63) is 58.6 Å². The molecule has 1 unspecified atom stereocenters. The van der Waals surface area contributed by atoms with Crippen LogP contribution in [-0.2, 0) is 22.9 Å². The van der Waals surface area contributed by atoms with E-state index in [1.165, 1.54) is 4.57 Å². The van der Waals surface area contributed by atoms with Gasteiger partial charge in [-0.2, -0.15) is 5.26 Å². The van der Waals surface area contributed by atoms with Crippen LogP contribution >= 0.6 is 0 Å². The largest absolute Gasteiger partial charge is 0.419 e. The van der Waals surface area contributed by atoms with Crippen molar-refractivity contribution in [2.24, 2.45) is 7.05 Å². The molecule has 0 bridgehead atoms. The molecular weight excluding hydrogens is 422 g/mol. The number of fused-ring (bicyclic) bond motifs is 1. The van der Waals surface area contributed by atoms with Gasteiger partial charge in [0.25, 0.3) is 0 Å². The first-order valence-corrected chi connectivity index (χ1v) is 10.9. The van der Waals surface area contributed by atoms with Gasteiger partial charge in [0.15, 0.2) is 5.58 Å². The van der Waals surface area contributed by atoms with Gasteiger partial charge in [0.1, 0.15) is 0 Å².